The molecule has 0 unspecified atom stereocenters. The molecule has 0 saturated carbocycles. The first-order valence-electron chi connectivity index (χ1n) is 8.37. The Morgan fingerprint density at radius 1 is 1.27 bits per heavy atom. The van der Waals surface area contributed by atoms with Crippen LogP contribution in [0, 0.1) is 5.92 Å². The SMILES string of the molecule is CC(C)C[C@H](NC=O)C(=O)O.COC[C@@H]([NH3+])C(=O)NCc1ccccc1. The standard InChI is InChI=1S/C11H16N2O2.C7H13NO3/c1-15-8-10(12)11(14)13-7-9-5-3-2-4-6-9;1-5(2)3-6(7(10)11)8-4-9/h2-6,10H,7-8,12H2,1H3,(H,13,14);4-6H,3H2,1-2H3,(H,8,9)(H,10,11)/p+1/t10-;6-/m10/s1. The Bertz CT molecular complexity index is 537. The fourth-order valence-corrected chi connectivity index (χ4v) is 2.00. The lowest BCUT2D eigenvalue weighted by Gasteiger charge is -2.12. The smallest absolute Gasteiger partial charge is 0.326 e. The molecular formula is C18H30N3O5+. The highest BCUT2D eigenvalue weighted by atomic mass is 16.5. The van der Waals surface area contributed by atoms with Gasteiger partial charge in [-0.15, -0.1) is 0 Å². The average molecular weight is 368 g/mol. The zero-order valence-electron chi connectivity index (χ0n) is 15.6. The van der Waals surface area contributed by atoms with E-state index >= 15 is 0 Å². The first-order chi connectivity index (χ1) is 12.3. The van der Waals surface area contributed by atoms with Gasteiger partial charge in [-0.3, -0.25) is 9.59 Å². The number of aliphatic carboxylic acids is 1. The van der Waals surface area contributed by atoms with Crippen molar-refractivity contribution in [2.24, 2.45) is 5.92 Å². The van der Waals surface area contributed by atoms with Crippen LogP contribution < -0.4 is 16.4 Å². The molecule has 0 aromatic heterocycles. The van der Waals surface area contributed by atoms with E-state index in [9.17, 15) is 14.4 Å². The Morgan fingerprint density at radius 3 is 2.35 bits per heavy atom. The highest BCUT2D eigenvalue weighted by Gasteiger charge is 2.17. The van der Waals surface area contributed by atoms with Crippen molar-refractivity contribution in [3.05, 3.63) is 35.9 Å². The first kappa shape index (κ1) is 23.5. The van der Waals surface area contributed by atoms with E-state index in [1.807, 2.05) is 44.2 Å². The van der Waals surface area contributed by atoms with Crippen molar-refractivity contribution in [2.75, 3.05) is 13.7 Å². The van der Waals surface area contributed by atoms with Crippen LogP contribution >= 0.6 is 0 Å². The largest absolute Gasteiger partial charge is 0.480 e. The van der Waals surface area contributed by atoms with Crippen molar-refractivity contribution in [3.8, 4) is 0 Å². The van der Waals surface area contributed by atoms with E-state index in [1.54, 1.807) is 7.11 Å². The van der Waals surface area contributed by atoms with E-state index in [0.29, 0.717) is 26.0 Å². The maximum absolute atomic E-state index is 11.5. The molecule has 8 heteroatoms. The van der Waals surface area contributed by atoms with Crippen molar-refractivity contribution in [2.45, 2.75) is 38.9 Å². The fraction of sp³-hybridized carbons (Fsp3) is 0.500. The van der Waals surface area contributed by atoms with Crippen LogP contribution in [0.25, 0.3) is 0 Å². The number of carboxylic acid groups (broad SMARTS) is 1. The Hall–Kier alpha value is -2.45. The molecule has 146 valence electrons. The quantitative estimate of drug-likeness (QED) is 0.424. The van der Waals surface area contributed by atoms with Crippen LogP contribution in [0.1, 0.15) is 25.8 Å². The maximum atomic E-state index is 11.5. The molecule has 0 radical (unpaired) electrons. The third kappa shape index (κ3) is 11.2. The highest BCUT2D eigenvalue weighted by Crippen LogP contribution is 2.03. The third-order valence-electron chi connectivity index (χ3n) is 3.32. The average Bonchev–Trinajstić information content (AvgIpc) is 2.60. The van der Waals surface area contributed by atoms with Gasteiger partial charge >= 0.3 is 5.97 Å². The van der Waals surface area contributed by atoms with Gasteiger partial charge in [-0.1, -0.05) is 44.2 Å². The van der Waals surface area contributed by atoms with Gasteiger partial charge < -0.3 is 26.2 Å². The number of amides is 2. The predicted octanol–water partition coefficient (Wildman–Crippen LogP) is -0.209. The molecule has 0 saturated heterocycles. The lowest BCUT2D eigenvalue weighted by Crippen LogP contribution is -2.69. The molecule has 0 aliphatic carbocycles. The first-order valence-corrected chi connectivity index (χ1v) is 8.37. The number of hydrogen-bond donors (Lipinski definition) is 4. The van der Waals surface area contributed by atoms with Crippen molar-refractivity contribution in [3.63, 3.8) is 0 Å². The zero-order chi connectivity index (χ0) is 19.9. The van der Waals surface area contributed by atoms with Crippen molar-refractivity contribution in [1.29, 1.82) is 0 Å². The molecule has 0 bridgehead atoms. The van der Waals surface area contributed by atoms with Gasteiger partial charge in [-0.05, 0) is 17.9 Å². The summed E-state index contributed by atoms with van der Waals surface area (Å²) in [5.74, 6) is -0.796. The number of carboxylic acids is 1. The molecule has 1 aromatic carbocycles. The lowest BCUT2D eigenvalue weighted by molar-refractivity contribution is -0.409. The summed E-state index contributed by atoms with van der Waals surface area (Å²) in [6.07, 6.45) is 0.884. The molecule has 2 atom stereocenters. The van der Waals surface area contributed by atoms with E-state index in [2.05, 4.69) is 16.4 Å². The second-order valence-corrected chi connectivity index (χ2v) is 6.16. The number of quaternary nitrogens is 1. The van der Waals surface area contributed by atoms with Crippen LogP contribution in [-0.4, -0.2) is 49.2 Å². The number of carbonyl (C=O) groups excluding carboxylic acids is 2. The summed E-state index contributed by atoms with van der Waals surface area (Å²) in [5.41, 5.74) is 4.78. The number of carbonyl (C=O) groups is 3. The number of hydrogen-bond acceptors (Lipinski definition) is 4. The van der Waals surface area contributed by atoms with Crippen LogP contribution in [-0.2, 0) is 25.7 Å². The molecule has 2 amide bonds. The van der Waals surface area contributed by atoms with Crippen LogP contribution in [0.2, 0.25) is 0 Å². The van der Waals surface area contributed by atoms with E-state index in [-0.39, 0.29) is 17.9 Å². The Labute approximate surface area is 154 Å². The van der Waals surface area contributed by atoms with Crippen LogP contribution in [0.3, 0.4) is 0 Å². The number of ether oxygens (including phenoxy) is 1. The second-order valence-electron chi connectivity index (χ2n) is 6.16. The Balaban J connectivity index is 0.000000508. The van der Waals surface area contributed by atoms with Gasteiger partial charge in [0.2, 0.25) is 6.41 Å². The summed E-state index contributed by atoms with van der Waals surface area (Å²) in [6, 6.07) is 8.67. The summed E-state index contributed by atoms with van der Waals surface area (Å²) in [5, 5.41) is 13.6. The minimum atomic E-state index is -0.981. The molecule has 6 N–H and O–H groups in total. The van der Waals surface area contributed by atoms with Crippen LogP contribution in [0.4, 0.5) is 0 Å². The normalized spacial score (nSPS) is 12.3. The van der Waals surface area contributed by atoms with Crippen LogP contribution in [0.15, 0.2) is 30.3 Å². The zero-order valence-corrected chi connectivity index (χ0v) is 15.6. The predicted molar refractivity (Wildman–Crippen MR) is 96.9 cm³/mol. The molecule has 0 heterocycles. The number of rotatable bonds is 10. The second kappa shape index (κ2) is 13.8. The van der Waals surface area contributed by atoms with E-state index in [1.165, 1.54) is 0 Å². The maximum Gasteiger partial charge on any atom is 0.326 e. The number of nitrogens with one attached hydrogen (secondary N) is 2. The van der Waals surface area contributed by atoms with Crippen LogP contribution in [0.5, 0.6) is 0 Å². The molecule has 1 rings (SSSR count). The minimum Gasteiger partial charge on any atom is -0.480 e. The van der Waals surface area contributed by atoms with Gasteiger partial charge in [0.1, 0.15) is 12.6 Å². The highest BCUT2D eigenvalue weighted by molar-refractivity contribution is 5.80. The van der Waals surface area contributed by atoms with E-state index in [0.717, 1.165) is 5.56 Å². The molecule has 0 aliphatic heterocycles. The molecule has 0 aliphatic rings. The molecule has 0 spiro atoms. The molecule has 1 aromatic rings. The van der Waals surface area contributed by atoms with Gasteiger partial charge in [0.15, 0.2) is 6.04 Å². The van der Waals surface area contributed by atoms with Gasteiger partial charge in [0, 0.05) is 13.7 Å². The number of benzene rings is 1. The number of methoxy groups -OCH3 is 1. The third-order valence-corrected chi connectivity index (χ3v) is 3.32. The van der Waals surface area contributed by atoms with Crippen molar-refractivity contribution >= 4 is 18.3 Å². The summed E-state index contributed by atoms with van der Waals surface area (Å²) in [4.78, 5) is 31.8. The fourth-order valence-electron chi connectivity index (χ4n) is 2.00. The van der Waals surface area contributed by atoms with E-state index < -0.39 is 12.0 Å². The summed E-state index contributed by atoms with van der Waals surface area (Å²) in [6.45, 7) is 4.70. The molecule has 8 nitrogen and oxygen atoms in total. The molecule has 0 fully saturated rings. The minimum absolute atomic E-state index is 0.0827. The van der Waals surface area contributed by atoms with Gasteiger partial charge in [0.05, 0.1) is 0 Å². The summed E-state index contributed by atoms with van der Waals surface area (Å²) in [7, 11) is 1.56. The van der Waals surface area contributed by atoms with E-state index in [4.69, 9.17) is 9.84 Å². The molecule has 26 heavy (non-hydrogen) atoms. The Morgan fingerprint density at radius 2 is 1.88 bits per heavy atom. The summed E-state index contributed by atoms with van der Waals surface area (Å²) < 4.78 is 4.85. The van der Waals surface area contributed by atoms with Crippen molar-refractivity contribution < 1.29 is 30.0 Å². The van der Waals surface area contributed by atoms with Gasteiger partial charge in [-0.25, -0.2) is 4.79 Å². The summed E-state index contributed by atoms with van der Waals surface area (Å²) >= 11 is 0. The monoisotopic (exact) mass is 368 g/mol. The Kier molecular flexibility index (Phi) is 12.5. The molecular weight excluding hydrogens is 338 g/mol. The van der Waals surface area contributed by atoms with Crippen molar-refractivity contribution in [1.82, 2.24) is 10.6 Å². The van der Waals surface area contributed by atoms with Gasteiger partial charge in [0.25, 0.3) is 5.91 Å². The lowest BCUT2D eigenvalue weighted by atomic mass is 10.0. The topological polar surface area (TPSA) is 132 Å². The van der Waals surface area contributed by atoms with Gasteiger partial charge in [-0.2, -0.15) is 0 Å².